The summed E-state index contributed by atoms with van der Waals surface area (Å²) in [7, 11) is 0.358. The molecule has 0 aromatic carbocycles. The molecule has 1 aromatic heterocycles. The van der Waals surface area contributed by atoms with Crippen LogP contribution in [0.25, 0.3) is 0 Å². The molecule has 0 saturated carbocycles. The molecule has 0 amide bonds. The van der Waals surface area contributed by atoms with E-state index in [9.17, 15) is 9.59 Å². The van der Waals surface area contributed by atoms with Gasteiger partial charge in [0.1, 0.15) is 0 Å². The van der Waals surface area contributed by atoms with E-state index >= 15 is 0 Å². The van der Waals surface area contributed by atoms with Crippen molar-refractivity contribution in [1.29, 1.82) is 0 Å². The molecule has 2 atom stereocenters. The van der Waals surface area contributed by atoms with Crippen molar-refractivity contribution >= 4 is 19.9 Å². The molecule has 0 radical (unpaired) electrons. The lowest BCUT2D eigenvalue weighted by molar-refractivity contribution is -0.168. The Labute approximate surface area is 268 Å². The average Bonchev–Trinajstić information content (AvgIpc) is 3.56. The van der Waals surface area contributed by atoms with Gasteiger partial charge < -0.3 is 10.5 Å². The summed E-state index contributed by atoms with van der Waals surface area (Å²) in [6.45, 7) is 4.58. The van der Waals surface area contributed by atoms with E-state index in [2.05, 4.69) is 13.8 Å². The van der Waals surface area contributed by atoms with Crippen LogP contribution < -0.4 is 5.73 Å². The van der Waals surface area contributed by atoms with Crippen LogP contribution in [0.2, 0.25) is 0 Å². The van der Waals surface area contributed by atoms with Crippen LogP contribution in [-0.2, 0) is 19.9 Å². The molecule has 0 saturated heterocycles. The maximum atomic E-state index is 13.5. The first-order valence-corrected chi connectivity index (χ1v) is 19.8. The first kappa shape index (κ1) is 39.9. The first-order chi connectivity index (χ1) is 21.1. The number of carbonyl (C=O) groups excluding carboxylic acids is 2. The second-order valence-electron chi connectivity index (χ2n) is 13.0. The van der Waals surface area contributed by atoms with Crippen LogP contribution in [-0.4, -0.2) is 18.3 Å². The quantitative estimate of drug-likeness (QED) is 0.0643. The van der Waals surface area contributed by atoms with Crippen LogP contribution in [0.1, 0.15) is 199 Å². The number of ketones is 1. The van der Waals surface area contributed by atoms with Crippen molar-refractivity contribution in [3.8, 4) is 0 Å². The highest BCUT2D eigenvalue weighted by Gasteiger charge is 2.42. The summed E-state index contributed by atoms with van der Waals surface area (Å²) < 4.78 is 5.99. The molecule has 0 aliphatic rings. The van der Waals surface area contributed by atoms with Crippen LogP contribution in [0.5, 0.6) is 0 Å². The number of Topliss-reactive ketones (excluding diaryl/α,β-unsaturated/α-hetero) is 1. The Balaban J connectivity index is 2.24. The molecule has 0 aliphatic carbocycles. The second-order valence-corrected chi connectivity index (χ2v) is 14.2. The summed E-state index contributed by atoms with van der Waals surface area (Å²) in [5.41, 5.74) is 4.92. The molecule has 2 N–H and O–H groups in total. The third-order valence-corrected chi connectivity index (χ3v) is 10.3. The van der Waals surface area contributed by atoms with Gasteiger partial charge in [-0.05, 0) is 18.6 Å². The van der Waals surface area contributed by atoms with Crippen molar-refractivity contribution < 1.29 is 14.3 Å². The zero-order valence-corrected chi connectivity index (χ0v) is 29.5. The number of esters is 1. The lowest BCUT2D eigenvalue weighted by Gasteiger charge is -2.30. The number of rotatable bonds is 32. The van der Waals surface area contributed by atoms with Gasteiger partial charge in [-0.2, -0.15) is 0 Å². The number of hydrogen-bond acceptors (Lipinski definition) is 4. The van der Waals surface area contributed by atoms with Gasteiger partial charge in [-0.3, -0.25) is 9.59 Å². The van der Waals surface area contributed by atoms with Crippen molar-refractivity contribution in [2.24, 2.45) is 5.73 Å². The molecule has 43 heavy (non-hydrogen) atoms. The van der Waals surface area contributed by atoms with Crippen LogP contribution in [0.15, 0.2) is 17.9 Å². The number of carbonyl (C=O) groups is 2. The molecular weight excluding hydrogens is 549 g/mol. The molecule has 1 heterocycles. The lowest BCUT2D eigenvalue weighted by atomic mass is 9.91. The fourth-order valence-corrected chi connectivity index (χ4v) is 7.24. The Morgan fingerprint density at radius 3 is 1.33 bits per heavy atom. The van der Waals surface area contributed by atoms with E-state index in [1.54, 1.807) is 0 Å². The van der Waals surface area contributed by atoms with Crippen LogP contribution >= 0.6 is 8.19 Å². The van der Waals surface area contributed by atoms with Gasteiger partial charge in [0.05, 0.1) is 0 Å². The molecular formula is C38H70NO3P. The van der Waals surface area contributed by atoms with E-state index < -0.39 is 5.60 Å². The summed E-state index contributed by atoms with van der Waals surface area (Å²) in [5.74, 6) is 1.75. The van der Waals surface area contributed by atoms with E-state index in [1.165, 1.54) is 141 Å². The van der Waals surface area contributed by atoms with Gasteiger partial charge in [-0.15, -0.1) is 8.19 Å². The highest BCUT2D eigenvalue weighted by molar-refractivity contribution is 7.30. The van der Waals surface area contributed by atoms with Crippen molar-refractivity contribution in [1.82, 2.24) is 0 Å². The maximum absolute atomic E-state index is 13.5. The normalized spacial score (nSPS) is 13.0. The minimum atomic E-state index is -1.27. The largest absolute Gasteiger partial charge is 0.444 e. The molecule has 0 aliphatic heterocycles. The van der Waals surface area contributed by atoms with Crippen molar-refractivity contribution in [3.63, 3.8) is 0 Å². The SMILES string of the molecule is CCCCCCCCCCCCCCCC(=O)OC(CN)(C(=O)CCCCCCCCCCCCCCC)c1ccc[pH]1. The summed E-state index contributed by atoms with van der Waals surface area (Å²) in [6.07, 6.45) is 33.9. The Kier molecular flexibility index (Phi) is 26.3. The summed E-state index contributed by atoms with van der Waals surface area (Å²) in [4.78, 5) is 26.4. The van der Waals surface area contributed by atoms with Gasteiger partial charge in [0.25, 0.3) is 0 Å². The fourth-order valence-electron chi connectivity index (χ4n) is 6.15. The van der Waals surface area contributed by atoms with Gasteiger partial charge in [-0.1, -0.05) is 180 Å². The standard InChI is InChI=1S/C38H70NO3P/c1-3-5-7-9-11-13-15-17-19-21-23-25-27-30-35(40)38(34-39,36-31-29-33-43-36)42-37(41)32-28-26-24-22-20-18-16-14-12-10-8-6-4-2/h29,31,33,43H,3-28,30,32,34,39H2,1-2H3. The van der Waals surface area contributed by atoms with Crippen molar-refractivity contribution in [3.05, 3.63) is 23.2 Å². The molecule has 0 spiro atoms. The summed E-state index contributed by atoms with van der Waals surface area (Å²) in [6, 6.07) is 3.89. The third-order valence-electron chi connectivity index (χ3n) is 9.05. The van der Waals surface area contributed by atoms with Gasteiger partial charge >= 0.3 is 5.97 Å². The summed E-state index contributed by atoms with van der Waals surface area (Å²) in [5, 5.41) is 0.869. The molecule has 5 heteroatoms. The minimum Gasteiger partial charge on any atom is -0.444 e. The Hall–Kier alpha value is -1.12. The molecule has 2 unspecified atom stereocenters. The molecule has 4 nitrogen and oxygen atoms in total. The monoisotopic (exact) mass is 620 g/mol. The molecule has 1 aromatic rings. The maximum Gasteiger partial charge on any atom is 0.307 e. The number of ether oxygens (including phenoxy) is 1. The third kappa shape index (κ3) is 19.8. The van der Waals surface area contributed by atoms with Gasteiger partial charge in [-0.25, -0.2) is 0 Å². The Bertz CT molecular complexity index is 765. The predicted octanol–water partition coefficient (Wildman–Crippen LogP) is 11.9. The second kappa shape index (κ2) is 28.4. The lowest BCUT2D eigenvalue weighted by Crippen LogP contribution is -2.46. The Morgan fingerprint density at radius 1 is 0.605 bits per heavy atom. The van der Waals surface area contributed by atoms with Crippen molar-refractivity contribution in [2.45, 2.75) is 199 Å². The van der Waals surface area contributed by atoms with Gasteiger partial charge in [0.15, 0.2) is 5.78 Å². The molecule has 250 valence electrons. The van der Waals surface area contributed by atoms with E-state index in [0.717, 1.165) is 31.0 Å². The predicted molar refractivity (Wildman–Crippen MR) is 188 cm³/mol. The highest BCUT2D eigenvalue weighted by Crippen LogP contribution is 2.35. The van der Waals surface area contributed by atoms with Crippen LogP contribution in [0.3, 0.4) is 0 Å². The number of unbranched alkanes of at least 4 members (excludes halogenated alkanes) is 24. The van der Waals surface area contributed by atoms with E-state index in [-0.39, 0.29) is 18.3 Å². The van der Waals surface area contributed by atoms with E-state index in [0.29, 0.717) is 21.0 Å². The molecule has 0 bridgehead atoms. The number of hydrogen-bond donors (Lipinski definition) is 1. The van der Waals surface area contributed by atoms with E-state index in [4.69, 9.17) is 10.5 Å². The van der Waals surface area contributed by atoms with Crippen molar-refractivity contribution in [2.75, 3.05) is 6.54 Å². The molecule has 1 rings (SSSR count). The Morgan fingerprint density at radius 2 is 0.977 bits per heavy atom. The fraction of sp³-hybridized carbons (Fsp3) is 0.842. The zero-order chi connectivity index (χ0) is 31.3. The topological polar surface area (TPSA) is 69.4 Å². The van der Waals surface area contributed by atoms with E-state index in [1.807, 2.05) is 17.9 Å². The summed E-state index contributed by atoms with van der Waals surface area (Å²) >= 11 is 0. The smallest absolute Gasteiger partial charge is 0.307 e. The first-order valence-electron chi connectivity index (χ1n) is 18.7. The minimum absolute atomic E-state index is 0.0146. The van der Waals surface area contributed by atoms with Crippen LogP contribution in [0, 0.1) is 0 Å². The van der Waals surface area contributed by atoms with Crippen LogP contribution in [0.4, 0.5) is 0 Å². The zero-order valence-electron chi connectivity index (χ0n) is 28.5. The van der Waals surface area contributed by atoms with Gasteiger partial charge in [0.2, 0.25) is 5.60 Å². The van der Waals surface area contributed by atoms with Gasteiger partial charge in [0, 0.05) is 24.7 Å². The average molecular weight is 620 g/mol. The highest BCUT2D eigenvalue weighted by atomic mass is 31.0. The molecule has 0 fully saturated rings. The number of nitrogens with two attached hydrogens (primary N) is 1.